The van der Waals surface area contributed by atoms with E-state index in [9.17, 15) is 4.79 Å². The van der Waals surface area contributed by atoms with Crippen molar-refractivity contribution in [2.75, 3.05) is 32.8 Å². The summed E-state index contributed by atoms with van der Waals surface area (Å²) in [6, 6.07) is 0.670. The molecule has 2 N–H and O–H groups in total. The third-order valence-electron chi connectivity index (χ3n) is 4.54. The lowest BCUT2D eigenvalue weighted by Gasteiger charge is -2.29. The molecule has 1 amide bonds. The second kappa shape index (κ2) is 5.77. The van der Waals surface area contributed by atoms with Gasteiger partial charge in [0, 0.05) is 25.7 Å². The first kappa shape index (κ1) is 13.3. The van der Waals surface area contributed by atoms with Crippen LogP contribution in [-0.4, -0.2) is 61.8 Å². The number of carbonyl (C=O) groups is 1. The van der Waals surface area contributed by atoms with Crippen LogP contribution in [0.1, 0.15) is 26.2 Å². The number of morpholine rings is 1. The largest absolute Gasteiger partial charge is 0.375 e. The number of hydrogen-bond acceptors (Lipinski definition) is 4. The van der Waals surface area contributed by atoms with Crippen molar-refractivity contribution in [2.24, 2.45) is 5.92 Å². The summed E-state index contributed by atoms with van der Waals surface area (Å²) >= 11 is 0. The highest BCUT2D eigenvalue weighted by atomic mass is 16.5. The molecule has 3 fully saturated rings. The highest BCUT2D eigenvalue weighted by Gasteiger charge is 2.35. The molecule has 5 nitrogen and oxygen atoms in total. The molecule has 0 aromatic heterocycles. The number of ether oxygens (including phenoxy) is 1. The van der Waals surface area contributed by atoms with Crippen LogP contribution < -0.4 is 10.6 Å². The van der Waals surface area contributed by atoms with Crippen LogP contribution >= 0.6 is 0 Å². The number of nitrogens with one attached hydrogen (secondary N) is 2. The summed E-state index contributed by atoms with van der Waals surface area (Å²) in [6.45, 7) is 6.61. The fourth-order valence-electron chi connectivity index (χ4n) is 3.18. The Bertz CT molecular complexity index is 333. The first-order valence-corrected chi connectivity index (χ1v) is 7.61. The van der Waals surface area contributed by atoms with Crippen molar-refractivity contribution in [2.45, 2.75) is 44.4 Å². The number of nitrogens with zero attached hydrogens (tertiary/aromatic N) is 1. The maximum atomic E-state index is 12.1. The van der Waals surface area contributed by atoms with E-state index in [2.05, 4.69) is 15.5 Å². The van der Waals surface area contributed by atoms with Crippen LogP contribution in [0.2, 0.25) is 0 Å². The molecule has 5 heteroatoms. The van der Waals surface area contributed by atoms with Crippen molar-refractivity contribution in [1.29, 1.82) is 0 Å². The van der Waals surface area contributed by atoms with E-state index in [1.807, 2.05) is 6.92 Å². The lowest BCUT2D eigenvalue weighted by molar-refractivity contribution is -0.129. The molecule has 0 spiro atoms. The van der Waals surface area contributed by atoms with Crippen LogP contribution in [0.25, 0.3) is 0 Å². The van der Waals surface area contributed by atoms with Gasteiger partial charge in [-0.2, -0.15) is 0 Å². The van der Waals surface area contributed by atoms with E-state index in [1.165, 1.54) is 25.8 Å². The van der Waals surface area contributed by atoms with Crippen LogP contribution in [-0.2, 0) is 9.53 Å². The quantitative estimate of drug-likeness (QED) is 0.751. The Morgan fingerprint density at radius 2 is 2.26 bits per heavy atom. The van der Waals surface area contributed by atoms with Gasteiger partial charge in [0.05, 0.1) is 12.7 Å². The third kappa shape index (κ3) is 3.27. The van der Waals surface area contributed by atoms with E-state index in [0.29, 0.717) is 12.5 Å². The smallest absolute Gasteiger partial charge is 0.239 e. The van der Waals surface area contributed by atoms with Gasteiger partial charge in [0.1, 0.15) is 6.04 Å². The summed E-state index contributed by atoms with van der Waals surface area (Å²) in [6.07, 6.45) is 3.95. The molecule has 3 rings (SSSR count). The van der Waals surface area contributed by atoms with Gasteiger partial charge in [0.25, 0.3) is 0 Å². The molecule has 19 heavy (non-hydrogen) atoms. The van der Waals surface area contributed by atoms with Gasteiger partial charge in [0.2, 0.25) is 5.91 Å². The van der Waals surface area contributed by atoms with Crippen LogP contribution in [0.15, 0.2) is 0 Å². The Morgan fingerprint density at radius 1 is 1.42 bits per heavy atom. The maximum Gasteiger partial charge on any atom is 0.239 e. The van der Waals surface area contributed by atoms with Crippen molar-refractivity contribution < 1.29 is 9.53 Å². The highest BCUT2D eigenvalue weighted by Crippen LogP contribution is 2.31. The lowest BCUT2D eigenvalue weighted by atomic mass is 10.1. The minimum Gasteiger partial charge on any atom is -0.375 e. The zero-order valence-corrected chi connectivity index (χ0v) is 11.7. The molecule has 3 atom stereocenters. The molecule has 1 aliphatic carbocycles. The molecule has 1 saturated carbocycles. The summed E-state index contributed by atoms with van der Waals surface area (Å²) in [7, 11) is 0. The van der Waals surface area contributed by atoms with E-state index in [-0.39, 0.29) is 18.1 Å². The van der Waals surface area contributed by atoms with Gasteiger partial charge in [0.15, 0.2) is 0 Å². The normalized spacial score (nSPS) is 36.4. The van der Waals surface area contributed by atoms with Gasteiger partial charge in [-0.15, -0.1) is 0 Å². The van der Waals surface area contributed by atoms with Crippen molar-refractivity contribution in [3.05, 3.63) is 0 Å². The molecule has 2 aliphatic heterocycles. The average Bonchev–Trinajstić information content (AvgIpc) is 3.16. The molecule has 108 valence electrons. The second-order valence-electron chi connectivity index (χ2n) is 6.13. The van der Waals surface area contributed by atoms with Crippen LogP contribution in [0, 0.1) is 5.92 Å². The number of rotatable bonds is 4. The fourth-order valence-corrected chi connectivity index (χ4v) is 3.18. The van der Waals surface area contributed by atoms with Crippen LogP contribution in [0.5, 0.6) is 0 Å². The monoisotopic (exact) mass is 267 g/mol. The summed E-state index contributed by atoms with van der Waals surface area (Å²) in [5.41, 5.74) is 0. The molecule has 0 aromatic rings. The topological polar surface area (TPSA) is 53.6 Å². The molecule has 0 bridgehead atoms. The third-order valence-corrected chi connectivity index (χ3v) is 4.54. The Morgan fingerprint density at radius 3 is 3.00 bits per heavy atom. The molecular weight excluding hydrogens is 242 g/mol. The number of likely N-dealkylation sites (tertiary alicyclic amines) is 1. The second-order valence-corrected chi connectivity index (χ2v) is 6.13. The Labute approximate surface area is 115 Å². The number of amides is 1. The zero-order chi connectivity index (χ0) is 13.2. The van der Waals surface area contributed by atoms with Gasteiger partial charge < -0.3 is 20.3 Å². The van der Waals surface area contributed by atoms with E-state index >= 15 is 0 Å². The Balaban J connectivity index is 1.40. The Hall–Kier alpha value is -0.650. The van der Waals surface area contributed by atoms with Crippen molar-refractivity contribution >= 4 is 5.91 Å². The van der Waals surface area contributed by atoms with Gasteiger partial charge in [-0.3, -0.25) is 4.79 Å². The zero-order valence-electron chi connectivity index (χ0n) is 11.7. The summed E-state index contributed by atoms with van der Waals surface area (Å²) < 4.78 is 5.51. The highest BCUT2D eigenvalue weighted by molar-refractivity contribution is 5.82. The molecule has 1 unspecified atom stereocenters. The minimum atomic E-state index is -0.185. The fraction of sp³-hybridized carbons (Fsp3) is 0.929. The lowest BCUT2D eigenvalue weighted by Crippen LogP contribution is -2.56. The molecule has 0 radical (unpaired) electrons. The predicted octanol–water partition coefficient (Wildman–Crippen LogP) is -0.0362. The molecule has 3 aliphatic rings. The molecular formula is C14H25N3O2. The molecule has 0 aromatic carbocycles. The van der Waals surface area contributed by atoms with Crippen molar-refractivity contribution in [3.63, 3.8) is 0 Å². The molecule has 2 heterocycles. The predicted molar refractivity (Wildman–Crippen MR) is 72.9 cm³/mol. The van der Waals surface area contributed by atoms with E-state index in [1.54, 1.807) is 0 Å². The van der Waals surface area contributed by atoms with Gasteiger partial charge in [-0.25, -0.2) is 0 Å². The minimum absolute atomic E-state index is 0.0275. The summed E-state index contributed by atoms with van der Waals surface area (Å²) in [4.78, 5) is 14.7. The van der Waals surface area contributed by atoms with Gasteiger partial charge in [-0.1, -0.05) is 0 Å². The Kier molecular flexibility index (Phi) is 4.05. The van der Waals surface area contributed by atoms with Crippen molar-refractivity contribution in [3.8, 4) is 0 Å². The first-order valence-electron chi connectivity index (χ1n) is 7.61. The van der Waals surface area contributed by atoms with E-state index < -0.39 is 0 Å². The SMILES string of the molecule is C[C@H]1OCCN[C@@H]1C(=O)NCC1CCN(C2CC2)C1. The maximum absolute atomic E-state index is 12.1. The van der Waals surface area contributed by atoms with Gasteiger partial charge in [-0.05, 0) is 38.6 Å². The number of carbonyl (C=O) groups excluding carboxylic acids is 1. The standard InChI is InChI=1S/C14H25N3O2/c1-10-13(15-5-7-19-10)14(18)16-8-11-4-6-17(9-11)12-2-3-12/h10-13,15H,2-9H2,1H3,(H,16,18)/t10-,11?,13+/m1/s1. The summed E-state index contributed by atoms with van der Waals surface area (Å²) in [5.74, 6) is 0.724. The van der Waals surface area contributed by atoms with E-state index in [4.69, 9.17) is 4.74 Å². The molecule has 2 saturated heterocycles. The summed E-state index contributed by atoms with van der Waals surface area (Å²) in [5, 5.41) is 6.33. The average molecular weight is 267 g/mol. The van der Waals surface area contributed by atoms with Gasteiger partial charge >= 0.3 is 0 Å². The first-order chi connectivity index (χ1) is 9.24. The van der Waals surface area contributed by atoms with Crippen molar-refractivity contribution in [1.82, 2.24) is 15.5 Å². The van der Waals surface area contributed by atoms with Crippen LogP contribution in [0.3, 0.4) is 0 Å². The van der Waals surface area contributed by atoms with E-state index in [0.717, 1.165) is 25.7 Å². The van der Waals surface area contributed by atoms with Crippen LogP contribution in [0.4, 0.5) is 0 Å². The number of hydrogen-bond donors (Lipinski definition) is 2.